The second-order valence-corrected chi connectivity index (χ2v) is 6.35. The average molecular weight is 358 g/mol. The first-order chi connectivity index (χ1) is 9.51. The monoisotopic (exact) mass is 357 g/mol. The summed E-state index contributed by atoms with van der Waals surface area (Å²) in [5, 5.41) is 3.00. The molecule has 1 aromatic carbocycles. The van der Waals surface area contributed by atoms with Crippen molar-refractivity contribution in [3.05, 3.63) is 49.9 Å². The van der Waals surface area contributed by atoms with Crippen LogP contribution in [0.5, 0.6) is 0 Å². The number of carbonyl (C=O) groups is 1. The first-order valence-corrected chi connectivity index (χ1v) is 7.48. The van der Waals surface area contributed by atoms with Crippen LogP contribution in [0.2, 0.25) is 0 Å². The summed E-state index contributed by atoms with van der Waals surface area (Å²) < 4.78 is 19.4. The Morgan fingerprint density at radius 2 is 2.20 bits per heavy atom. The first kappa shape index (κ1) is 15.0. The molecule has 6 heteroatoms. The fourth-order valence-electron chi connectivity index (χ4n) is 1.69. The second-order valence-electron chi connectivity index (χ2n) is 4.16. The van der Waals surface area contributed by atoms with Crippen LogP contribution in [0, 0.1) is 12.7 Å². The summed E-state index contributed by atoms with van der Waals surface area (Å²) >= 11 is 5.08. The van der Waals surface area contributed by atoms with Crippen molar-refractivity contribution in [3.8, 4) is 0 Å². The highest BCUT2D eigenvalue weighted by atomic mass is 79.9. The Bertz CT molecular complexity index is 623. The van der Waals surface area contributed by atoms with Gasteiger partial charge >= 0.3 is 5.97 Å². The summed E-state index contributed by atoms with van der Waals surface area (Å²) in [5.74, 6) is -0.882. The number of aryl methyl sites for hydroxylation is 1. The molecule has 0 bridgehead atoms. The molecule has 0 radical (unpaired) electrons. The van der Waals surface area contributed by atoms with E-state index < -0.39 is 11.8 Å². The molecule has 0 unspecified atom stereocenters. The van der Waals surface area contributed by atoms with Crippen molar-refractivity contribution in [3.63, 3.8) is 0 Å². The van der Waals surface area contributed by atoms with Crippen molar-refractivity contribution in [1.29, 1.82) is 0 Å². The molecule has 1 N–H and O–H groups in total. The van der Waals surface area contributed by atoms with Gasteiger partial charge < -0.3 is 10.1 Å². The zero-order valence-electron chi connectivity index (χ0n) is 11.0. The quantitative estimate of drug-likeness (QED) is 0.826. The van der Waals surface area contributed by atoms with Crippen LogP contribution in [-0.4, -0.2) is 13.1 Å². The molecule has 1 aromatic heterocycles. The molecule has 0 aliphatic rings. The molecule has 0 amide bonds. The molecule has 106 valence electrons. The molecule has 0 saturated heterocycles. The lowest BCUT2D eigenvalue weighted by Crippen LogP contribution is -2.05. The molecule has 3 nitrogen and oxygen atoms in total. The molecule has 0 atom stereocenters. The van der Waals surface area contributed by atoms with E-state index in [0.29, 0.717) is 12.1 Å². The summed E-state index contributed by atoms with van der Waals surface area (Å²) in [6, 6.07) is 6.11. The molecule has 0 saturated carbocycles. The maximum absolute atomic E-state index is 13.7. The van der Waals surface area contributed by atoms with Crippen LogP contribution in [0.15, 0.2) is 28.7 Å². The molecule has 0 spiro atoms. The molecule has 20 heavy (non-hydrogen) atoms. The fraction of sp³-hybridized carbons (Fsp3) is 0.214. The Balaban J connectivity index is 2.14. The SMILES string of the molecule is COC(=O)c1ccc(F)c(NCc2cc(Br)c(C)s2)c1. The van der Waals surface area contributed by atoms with E-state index in [9.17, 15) is 9.18 Å². The third-order valence-electron chi connectivity index (χ3n) is 2.75. The van der Waals surface area contributed by atoms with E-state index in [4.69, 9.17) is 0 Å². The van der Waals surface area contributed by atoms with Crippen LogP contribution in [-0.2, 0) is 11.3 Å². The summed E-state index contributed by atoms with van der Waals surface area (Å²) in [5.41, 5.74) is 0.606. The second kappa shape index (κ2) is 6.37. The van der Waals surface area contributed by atoms with Crippen LogP contribution in [0.3, 0.4) is 0 Å². The molecule has 0 fully saturated rings. The van der Waals surface area contributed by atoms with Gasteiger partial charge in [0.25, 0.3) is 0 Å². The average Bonchev–Trinajstić information content (AvgIpc) is 2.76. The van der Waals surface area contributed by atoms with Gasteiger partial charge in [0.05, 0.1) is 18.4 Å². The highest BCUT2D eigenvalue weighted by Crippen LogP contribution is 2.27. The standard InChI is InChI=1S/C14H13BrFNO2S/c1-8-11(15)6-10(20-8)7-17-13-5-9(14(18)19-2)3-4-12(13)16/h3-6,17H,7H2,1-2H3. The third-order valence-corrected chi connectivity index (χ3v) is 4.89. The minimum atomic E-state index is -0.484. The largest absolute Gasteiger partial charge is 0.465 e. The van der Waals surface area contributed by atoms with E-state index in [0.717, 1.165) is 9.35 Å². The van der Waals surface area contributed by atoms with Gasteiger partial charge in [0.2, 0.25) is 0 Å². The first-order valence-electron chi connectivity index (χ1n) is 5.88. The normalized spacial score (nSPS) is 10.4. The maximum Gasteiger partial charge on any atom is 0.337 e. The van der Waals surface area contributed by atoms with Crippen molar-refractivity contribution in [2.24, 2.45) is 0 Å². The van der Waals surface area contributed by atoms with E-state index >= 15 is 0 Å². The Morgan fingerprint density at radius 3 is 2.80 bits per heavy atom. The van der Waals surface area contributed by atoms with Gasteiger partial charge in [-0.3, -0.25) is 0 Å². The number of esters is 1. The highest BCUT2D eigenvalue weighted by molar-refractivity contribution is 9.10. The van der Waals surface area contributed by atoms with Crippen LogP contribution >= 0.6 is 27.3 Å². The zero-order chi connectivity index (χ0) is 14.7. The van der Waals surface area contributed by atoms with E-state index in [1.54, 1.807) is 11.3 Å². The lowest BCUT2D eigenvalue weighted by atomic mass is 10.2. The third kappa shape index (κ3) is 3.37. The van der Waals surface area contributed by atoms with Crippen molar-refractivity contribution in [2.45, 2.75) is 13.5 Å². The van der Waals surface area contributed by atoms with Crippen LogP contribution in [0.1, 0.15) is 20.1 Å². The number of carbonyl (C=O) groups excluding carboxylic acids is 1. The number of benzene rings is 1. The summed E-state index contributed by atoms with van der Waals surface area (Å²) in [7, 11) is 1.30. The number of halogens is 2. The lowest BCUT2D eigenvalue weighted by molar-refractivity contribution is 0.0600. The smallest absolute Gasteiger partial charge is 0.337 e. The van der Waals surface area contributed by atoms with Gasteiger partial charge in [-0.25, -0.2) is 9.18 Å². The molecule has 0 aliphatic heterocycles. The van der Waals surface area contributed by atoms with Crippen LogP contribution in [0.4, 0.5) is 10.1 Å². The molecule has 1 heterocycles. The number of hydrogen-bond acceptors (Lipinski definition) is 4. The minimum Gasteiger partial charge on any atom is -0.465 e. The van der Waals surface area contributed by atoms with Crippen LogP contribution < -0.4 is 5.32 Å². The number of anilines is 1. The number of thiophene rings is 1. The maximum atomic E-state index is 13.7. The number of methoxy groups -OCH3 is 1. The summed E-state index contributed by atoms with van der Waals surface area (Å²) in [6.45, 7) is 2.51. The molecular weight excluding hydrogens is 345 g/mol. The summed E-state index contributed by atoms with van der Waals surface area (Å²) in [6.07, 6.45) is 0. The van der Waals surface area contributed by atoms with Gasteiger partial charge in [0.1, 0.15) is 5.82 Å². The van der Waals surface area contributed by atoms with E-state index in [-0.39, 0.29) is 5.69 Å². The van der Waals surface area contributed by atoms with Crippen molar-refractivity contribution in [2.75, 3.05) is 12.4 Å². The predicted octanol–water partition coefficient (Wildman–Crippen LogP) is 4.36. The van der Waals surface area contributed by atoms with Gasteiger partial charge in [0.15, 0.2) is 0 Å². The van der Waals surface area contributed by atoms with Gasteiger partial charge in [-0.2, -0.15) is 0 Å². The zero-order valence-corrected chi connectivity index (χ0v) is 13.4. The van der Waals surface area contributed by atoms with E-state index in [1.165, 1.54) is 30.2 Å². The van der Waals surface area contributed by atoms with Crippen molar-refractivity contribution < 1.29 is 13.9 Å². The fourth-order valence-corrected chi connectivity index (χ4v) is 3.23. The lowest BCUT2D eigenvalue weighted by Gasteiger charge is -2.08. The number of rotatable bonds is 4. The van der Waals surface area contributed by atoms with Gasteiger partial charge in [-0.1, -0.05) is 0 Å². The van der Waals surface area contributed by atoms with Crippen LogP contribution in [0.25, 0.3) is 0 Å². The Kier molecular flexibility index (Phi) is 4.77. The molecular formula is C14H13BrFNO2S. The van der Waals surface area contributed by atoms with Crippen molar-refractivity contribution >= 4 is 38.9 Å². The molecule has 0 aliphatic carbocycles. The molecule has 2 rings (SSSR count). The number of hydrogen-bond donors (Lipinski definition) is 1. The van der Waals surface area contributed by atoms with Gasteiger partial charge in [-0.15, -0.1) is 11.3 Å². The number of nitrogens with one attached hydrogen (secondary N) is 1. The highest BCUT2D eigenvalue weighted by Gasteiger charge is 2.10. The van der Waals surface area contributed by atoms with Crippen molar-refractivity contribution in [1.82, 2.24) is 0 Å². The summed E-state index contributed by atoms with van der Waals surface area (Å²) in [4.78, 5) is 13.7. The van der Waals surface area contributed by atoms with Gasteiger partial charge in [-0.05, 0) is 47.1 Å². The Hall–Kier alpha value is -1.40. The van der Waals surface area contributed by atoms with E-state index in [1.807, 2.05) is 13.0 Å². The molecule has 2 aromatic rings. The predicted molar refractivity (Wildman–Crippen MR) is 81.8 cm³/mol. The number of ether oxygens (including phenoxy) is 1. The Labute approximate surface area is 128 Å². The van der Waals surface area contributed by atoms with Gasteiger partial charge in [0, 0.05) is 20.8 Å². The Morgan fingerprint density at radius 1 is 1.45 bits per heavy atom. The van der Waals surface area contributed by atoms with E-state index in [2.05, 4.69) is 26.0 Å². The topological polar surface area (TPSA) is 38.3 Å². The minimum absolute atomic E-state index is 0.287.